The SMILES string of the molecule is Cc1cc(Oc2cc(C3=N[C@H](c4ccccc4)[C@@H](c4ccccc4)O3)cc(C(C)(C)C)c2)cc(-n2c3ccc(C(C)(C)C)cc3c3cccnc32)c1. The molecule has 0 unspecified atom stereocenters. The summed E-state index contributed by atoms with van der Waals surface area (Å²) in [5.41, 5.74) is 9.60. The molecule has 0 saturated heterocycles. The number of hydrogen-bond donors (Lipinski definition) is 0. The van der Waals surface area contributed by atoms with Crippen LogP contribution in [-0.4, -0.2) is 15.4 Å². The van der Waals surface area contributed by atoms with Crippen molar-refractivity contribution in [1.29, 1.82) is 0 Å². The first-order valence-electron chi connectivity index (χ1n) is 18.1. The molecule has 0 bridgehead atoms. The van der Waals surface area contributed by atoms with E-state index in [1.807, 2.05) is 24.4 Å². The van der Waals surface area contributed by atoms with Gasteiger partial charge >= 0.3 is 0 Å². The van der Waals surface area contributed by atoms with Gasteiger partial charge in [-0.25, -0.2) is 9.98 Å². The second kappa shape index (κ2) is 12.8. The first-order valence-corrected chi connectivity index (χ1v) is 18.1. The molecule has 260 valence electrons. The lowest BCUT2D eigenvalue weighted by atomic mass is 9.86. The topological polar surface area (TPSA) is 48.6 Å². The number of fused-ring (bicyclic) bond motifs is 3. The van der Waals surface area contributed by atoms with Gasteiger partial charge in [-0.05, 0) is 100 Å². The van der Waals surface area contributed by atoms with Crippen molar-refractivity contribution in [3.8, 4) is 17.2 Å². The molecule has 1 aliphatic heterocycles. The minimum atomic E-state index is -0.236. The van der Waals surface area contributed by atoms with Crippen LogP contribution in [0.2, 0.25) is 0 Å². The van der Waals surface area contributed by atoms with Crippen LogP contribution in [0.3, 0.4) is 0 Å². The highest BCUT2D eigenvalue weighted by Gasteiger charge is 2.34. The Labute approximate surface area is 306 Å². The quantitative estimate of drug-likeness (QED) is 0.175. The van der Waals surface area contributed by atoms with Crippen molar-refractivity contribution in [2.45, 2.75) is 71.4 Å². The van der Waals surface area contributed by atoms with Gasteiger partial charge in [0.05, 0.1) is 11.2 Å². The Morgan fingerprint density at radius 2 is 1.33 bits per heavy atom. The summed E-state index contributed by atoms with van der Waals surface area (Å²) in [6, 6.07) is 44.4. The second-order valence-electron chi connectivity index (χ2n) is 16.0. The largest absolute Gasteiger partial charge is 0.467 e. The smallest absolute Gasteiger partial charge is 0.217 e. The van der Waals surface area contributed by atoms with Gasteiger partial charge in [-0.3, -0.25) is 4.57 Å². The van der Waals surface area contributed by atoms with Crippen LogP contribution >= 0.6 is 0 Å². The highest BCUT2D eigenvalue weighted by atomic mass is 16.5. The lowest BCUT2D eigenvalue weighted by Crippen LogP contribution is -2.14. The summed E-state index contributed by atoms with van der Waals surface area (Å²) in [4.78, 5) is 10.1. The van der Waals surface area contributed by atoms with Crippen molar-refractivity contribution in [2.24, 2.45) is 4.99 Å². The number of aromatic nitrogens is 2. The van der Waals surface area contributed by atoms with E-state index in [0.717, 1.165) is 61.6 Å². The molecule has 5 aromatic carbocycles. The van der Waals surface area contributed by atoms with Gasteiger partial charge < -0.3 is 9.47 Å². The highest BCUT2D eigenvalue weighted by Crippen LogP contribution is 2.43. The zero-order chi connectivity index (χ0) is 36.2. The molecule has 1 aliphatic rings. The fraction of sp³-hybridized carbons (Fsp3) is 0.234. The molecule has 0 N–H and O–H groups in total. The maximum absolute atomic E-state index is 6.80. The lowest BCUT2D eigenvalue weighted by Gasteiger charge is -2.22. The van der Waals surface area contributed by atoms with Crippen LogP contribution in [0.5, 0.6) is 11.5 Å². The molecule has 52 heavy (non-hydrogen) atoms. The van der Waals surface area contributed by atoms with E-state index in [1.54, 1.807) is 0 Å². The fourth-order valence-electron chi connectivity index (χ4n) is 7.19. The Hall–Kier alpha value is -5.68. The summed E-state index contributed by atoms with van der Waals surface area (Å²) in [5.74, 6) is 2.11. The van der Waals surface area contributed by atoms with E-state index >= 15 is 0 Å². The normalized spacial score (nSPS) is 16.2. The maximum atomic E-state index is 6.80. The number of nitrogens with zero attached hydrogens (tertiary/aromatic N) is 3. The zero-order valence-corrected chi connectivity index (χ0v) is 31.0. The molecule has 7 aromatic rings. The van der Waals surface area contributed by atoms with Gasteiger partial charge in [-0.1, -0.05) is 108 Å². The molecule has 0 aliphatic carbocycles. The van der Waals surface area contributed by atoms with Crippen LogP contribution in [0.25, 0.3) is 27.6 Å². The van der Waals surface area contributed by atoms with Crippen molar-refractivity contribution in [3.63, 3.8) is 0 Å². The summed E-state index contributed by atoms with van der Waals surface area (Å²) < 4.78 is 15.8. The summed E-state index contributed by atoms with van der Waals surface area (Å²) in [5, 5.41) is 2.33. The van der Waals surface area contributed by atoms with Crippen molar-refractivity contribution in [1.82, 2.24) is 9.55 Å². The molecule has 8 rings (SSSR count). The average molecular weight is 684 g/mol. The maximum Gasteiger partial charge on any atom is 0.217 e. The molecule has 2 atom stereocenters. The molecule has 0 saturated carbocycles. The molecular weight excluding hydrogens is 639 g/mol. The van der Waals surface area contributed by atoms with Gasteiger partial charge in [0, 0.05) is 28.6 Å². The van der Waals surface area contributed by atoms with Crippen molar-refractivity contribution in [2.75, 3.05) is 0 Å². The van der Waals surface area contributed by atoms with Crippen LogP contribution in [0.1, 0.15) is 87.1 Å². The van der Waals surface area contributed by atoms with E-state index in [0.29, 0.717) is 5.90 Å². The van der Waals surface area contributed by atoms with Crippen molar-refractivity contribution in [3.05, 3.63) is 167 Å². The van der Waals surface area contributed by atoms with Crippen molar-refractivity contribution >= 4 is 27.8 Å². The van der Waals surface area contributed by atoms with Crippen LogP contribution in [0.4, 0.5) is 0 Å². The van der Waals surface area contributed by atoms with Gasteiger partial charge in [-0.2, -0.15) is 0 Å². The van der Waals surface area contributed by atoms with Crippen LogP contribution in [0.15, 0.2) is 139 Å². The first kappa shape index (κ1) is 33.5. The zero-order valence-electron chi connectivity index (χ0n) is 31.0. The Bertz CT molecular complexity index is 2450. The van der Waals surface area contributed by atoms with Crippen LogP contribution in [-0.2, 0) is 15.6 Å². The van der Waals surface area contributed by atoms with Gasteiger partial charge in [0.25, 0.3) is 0 Å². The van der Waals surface area contributed by atoms with E-state index in [2.05, 4.69) is 162 Å². The number of pyridine rings is 1. The van der Waals surface area contributed by atoms with E-state index < -0.39 is 0 Å². The average Bonchev–Trinajstić information content (AvgIpc) is 3.72. The predicted molar refractivity (Wildman–Crippen MR) is 213 cm³/mol. The third-order valence-corrected chi connectivity index (χ3v) is 9.99. The third-order valence-electron chi connectivity index (χ3n) is 9.99. The Morgan fingerprint density at radius 3 is 2.04 bits per heavy atom. The second-order valence-corrected chi connectivity index (χ2v) is 16.0. The van der Waals surface area contributed by atoms with E-state index in [9.17, 15) is 0 Å². The number of ether oxygens (including phenoxy) is 2. The molecular formula is C47H45N3O2. The van der Waals surface area contributed by atoms with Gasteiger partial charge in [0.2, 0.25) is 5.90 Å². The summed E-state index contributed by atoms with van der Waals surface area (Å²) in [6.45, 7) is 15.5. The summed E-state index contributed by atoms with van der Waals surface area (Å²) in [6.07, 6.45) is 1.63. The number of rotatable bonds is 6. The molecule has 0 amide bonds. The minimum Gasteiger partial charge on any atom is -0.467 e. The fourth-order valence-corrected chi connectivity index (χ4v) is 7.19. The Kier molecular flexibility index (Phi) is 8.25. The van der Waals surface area contributed by atoms with Crippen LogP contribution in [0, 0.1) is 6.92 Å². The predicted octanol–water partition coefficient (Wildman–Crippen LogP) is 12.1. The van der Waals surface area contributed by atoms with Gasteiger partial charge in [-0.15, -0.1) is 0 Å². The highest BCUT2D eigenvalue weighted by molar-refractivity contribution is 6.08. The first-order chi connectivity index (χ1) is 24.9. The van der Waals surface area contributed by atoms with E-state index in [4.69, 9.17) is 19.5 Å². The Morgan fingerprint density at radius 1 is 0.635 bits per heavy atom. The molecule has 0 fully saturated rings. The number of benzene rings is 5. The third kappa shape index (κ3) is 6.36. The van der Waals surface area contributed by atoms with Crippen molar-refractivity contribution < 1.29 is 9.47 Å². The van der Waals surface area contributed by atoms with E-state index in [1.165, 1.54) is 10.9 Å². The number of hydrogen-bond acceptors (Lipinski definition) is 4. The lowest BCUT2D eigenvalue weighted by molar-refractivity contribution is 0.197. The number of aryl methyl sites for hydroxylation is 1. The monoisotopic (exact) mass is 683 g/mol. The molecule has 0 radical (unpaired) electrons. The molecule has 3 heterocycles. The summed E-state index contributed by atoms with van der Waals surface area (Å²) in [7, 11) is 0. The molecule has 0 spiro atoms. The van der Waals surface area contributed by atoms with E-state index in [-0.39, 0.29) is 23.0 Å². The molecule has 5 heteroatoms. The number of aliphatic imine (C=N–C) groups is 1. The van der Waals surface area contributed by atoms with Gasteiger partial charge in [0.1, 0.15) is 23.2 Å². The minimum absolute atomic E-state index is 0.0373. The summed E-state index contributed by atoms with van der Waals surface area (Å²) >= 11 is 0. The standard InChI is InChI=1S/C47H45N3O2/c1-30-23-36(50-41-21-20-34(46(2,3)4)28-40(41)39-19-14-22-48-44(39)50)29-37(24-30)51-38-26-33(25-35(27-38)47(5,6)7)45-49-42(31-15-10-8-11-16-31)43(52-45)32-17-12-9-13-18-32/h8-29,42-43H,1-7H3/t42-,43-/m1/s1. The Balaban J connectivity index is 1.21. The van der Waals surface area contributed by atoms with Gasteiger partial charge in [0.15, 0.2) is 6.10 Å². The molecule has 5 nitrogen and oxygen atoms in total. The molecule has 2 aromatic heterocycles. The van der Waals surface area contributed by atoms with Crippen LogP contribution < -0.4 is 4.74 Å².